The SMILES string of the molecule is BC(=O)OC1(C=O)C=CN=N1. The smallest absolute Gasteiger partial charge is 0.297 e. The summed E-state index contributed by atoms with van der Waals surface area (Å²) in [5.41, 5.74) is -1.49. The van der Waals surface area contributed by atoms with Crippen molar-refractivity contribution in [2.24, 2.45) is 10.2 Å². The molecule has 0 N–H and O–H groups in total. The molecule has 1 atom stereocenters. The van der Waals surface area contributed by atoms with Crippen LogP contribution in [-0.2, 0) is 9.53 Å². The molecule has 0 aliphatic carbocycles. The Kier molecular flexibility index (Phi) is 1.84. The van der Waals surface area contributed by atoms with Gasteiger partial charge in [0.05, 0.1) is 6.20 Å². The van der Waals surface area contributed by atoms with E-state index in [1.807, 2.05) is 0 Å². The van der Waals surface area contributed by atoms with Gasteiger partial charge in [0.2, 0.25) is 13.7 Å². The number of hydrogen-bond donors (Lipinski definition) is 0. The largest absolute Gasteiger partial charge is 0.433 e. The van der Waals surface area contributed by atoms with Gasteiger partial charge in [-0.3, -0.25) is 9.59 Å². The Morgan fingerprint density at radius 3 is 2.82 bits per heavy atom. The Balaban J connectivity index is 2.77. The van der Waals surface area contributed by atoms with Gasteiger partial charge in [0.25, 0.3) is 5.72 Å². The van der Waals surface area contributed by atoms with Crippen molar-refractivity contribution >= 4 is 20.0 Å². The molecule has 0 fully saturated rings. The molecule has 0 saturated carbocycles. The average molecular weight is 152 g/mol. The van der Waals surface area contributed by atoms with Gasteiger partial charge >= 0.3 is 0 Å². The maximum atomic E-state index is 10.4. The fourth-order valence-electron chi connectivity index (χ4n) is 0.669. The lowest BCUT2D eigenvalue weighted by molar-refractivity contribution is -0.119. The minimum atomic E-state index is -1.49. The zero-order valence-electron chi connectivity index (χ0n) is 5.85. The van der Waals surface area contributed by atoms with Crippen LogP contribution in [0, 0.1) is 0 Å². The number of carbonyl (C=O) groups excluding carboxylic acids is 2. The van der Waals surface area contributed by atoms with Gasteiger partial charge in [-0.05, 0) is 0 Å². The van der Waals surface area contributed by atoms with Crippen LogP contribution in [0.1, 0.15) is 0 Å². The van der Waals surface area contributed by atoms with Gasteiger partial charge in [0.1, 0.15) is 0 Å². The predicted octanol–water partition coefficient (Wildman–Crippen LogP) is -0.369. The fourth-order valence-corrected chi connectivity index (χ4v) is 0.669. The van der Waals surface area contributed by atoms with E-state index in [2.05, 4.69) is 15.0 Å². The Morgan fingerprint density at radius 2 is 2.45 bits per heavy atom. The van der Waals surface area contributed by atoms with Crippen LogP contribution in [0.5, 0.6) is 0 Å². The lowest BCUT2D eigenvalue weighted by Gasteiger charge is -2.13. The predicted molar refractivity (Wildman–Crippen MR) is 37.8 cm³/mol. The van der Waals surface area contributed by atoms with E-state index in [1.165, 1.54) is 20.1 Å². The maximum absolute atomic E-state index is 10.4. The summed E-state index contributed by atoms with van der Waals surface area (Å²) in [6, 6.07) is 0. The molecule has 0 saturated heterocycles. The third-order valence-corrected chi connectivity index (χ3v) is 1.07. The molecule has 0 aromatic rings. The van der Waals surface area contributed by atoms with Gasteiger partial charge in [0, 0.05) is 6.08 Å². The molecule has 1 heterocycles. The molecule has 1 aliphatic heterocycles. The highest BCUT2D eigenvalue weighted by Crippen LogP contribution is 2.18. The van der Waals surface area contributed by atoms with Gasteiger partial charge in [-0.2, -0.15) is 5.11 Å². The molecule has 1 aliphatic rings. The first-order valence-electron chi connectivity index (χ1n) is 2.94. The van der Waals surface area contributed by atoms with E-state index in [-0.39, 0.29) is 0 Å². The minimum absolute atomic E-state index is 0.418. The third-order valence-electron chi connectivity index (χ3n) is 1.07. The van der Waals surface area contributed by atoms with Crippen LogP contribution in [0.4, 0.5) is 4.79 Å². The normalized spacial score (nSPS) is 26.9. The van der Waals surface area contributed by atoms with Crippen molar-refractivity contribution in [2.45, 2.75) is 5.72 Å². The van der Waals surface area contributed by atoms with Crippen molar-refractivity contribution in [1.29, 1.82) is 0 Å². The first-order chi connectivity index (χ1) is 5.18. The second-order valence-electron chi connectivity index (χ2n) is 1.99. The Hall–Kier alpha value is -1.46. The Labute approximate surface area is 63.5 Å². The quantitative estimate of drug-likeness (QED) is 0.400. The van der Waals surface area contributed by atoms with E-state index in [4.69, 9.17) is 0 Å². The molecule has 5 nitrogen and oxygen atoms in total. The molecule has 0 radical (unpaired) electrons. The van der Waals surface area contributed by atoms with Gasteiger partial charge in [-0.1, -0.05) is 0 Å². The molecule has 11 heavy (non-hydrogen) atoms. The van der Waals surface area contributed by atoms with Crippen molar-refractivity contribution in [3.05, 3.63) is 12.3 Å². The molecular weight excluding hydrogens is 147 g/mol. The van der Waals surface area contributed by atoms with Crippen molar-refractivity contribution < 1.29 is 14.3 Å². The van der Waals surface area contributed by atoms with Gasteiger partial charge < -0.3 is 4.74 Å². The summed E-state index contributed by atoms with van der Waals surface area (Å²) in [7, 11) is 1.20. The van der Waals surface area contributed by atoms with Crippen molar-refractivity contribution in [3.8, 4) is 0 Å². The van der Waals surface area contributed by atoms with Crippen LogP contribution in [0.15, 0.2) is 22.5 Å². The van der Waals surface area contributed by atoms with Crippen LogP contribution in [0.25, 0.3) is 0 Å². The molecule has 0 amide bonds. The summed E-state index contributed by atoms with van der Waals surface area (Å²) in [4.78, 5) is 20.8. The zero-order chi connectivity index (χ0) is 8.32. The highest BCUT2D eigenvalue weighted by Gasteiger charge is 2.32. The lowest BCUT2D eigenvalue weighted by atomic mass is 10.1. The fraction of sp³-hybridized carbons (Fsp3) is 0.200. The monoisotopic (exact) mass is 152 g/mol. The van der Waals surface area contributed by atoms with E-state index >= 15 is 0 Å². The minimum Gasteiger partial charge on any atom is -0.433 e. The summed E-state index contributed by atoms with van der Waals surface area (Å²) in [6.45, 7) is 0. The van der Waals surface area contributed by atoms with Crippen LogP contribution >= 0.6 is 0 Å². The van der Waals surface area contributed by atoms with E-state index in [9.17, 15) is 9.59 Å². The molecule has 1 unspecified atom stereocenters. The molecule has 0 bridgehead atoms. The molecule has 0 aromatic carbocycles. The molecule has 1 rings (SSSR count). The third kappa shape index (κ3) is 1.51. The van der Waals surface area contributed by atoms with E-state index in [0.29, 0.717) is 6.29 Å². The lowest BCUT2D eigenvalue weighted by Crippen LogP contribution is -2.30. The second-order valence-corrected chi connectivity index (χ2v) is 1.99. The topological polar surface area (TPSA) is 68.1 Å². The first-order valence-corrected chi connectivity index (χ1v) is 2.94. The second kappa shape index (κ2) is 2.65. The number of aldehydes is 1. The number of rotatable bonds is 2. The van der Waals surface area contributed by atoms with E-state index < -0.39 is 11.6 Å². The van der Waals surface area contributed by atoms with Gasteiger partial charge in [0.15, 0.2) is 6.29 Å². The first kappa shape index (κ1) is 7.65. The molecule has 0 spiro atoms. The molecule has 0 aromatic heterocycles. The number of ether oxygens (including phenoxy) is 1. The van der Waals surface area contributed by atoms with Crippen LogP contribution in [0.3, 0.4) is 0 Å². The summed E-state index contributed by atoms with van der Waals surface area (Å²) in [5, 5.41) is 6.83. The van der Waals surface area contributed by atoms with Crippen LogP contribution < -0.4 is 0 Å². The van der Waals surface area contributed by atoms with Crippen molar-refractivity contribution in [2.75, 3.05) is 0 Å². The number of carbonyl (C=O) groups is 2. The number of hydrogen-bond acceptors (Lipinski definition) is 5. The van der Waals surface area contributed by atoms with E-state index in [0.717, 1.165) is 0 Å². The Bertz CT molecular complexity index is 236. The summed E-state index contributed by atoms with van der Waals surface area (Å²) in [5.74, 6) is -0.567. The molecule has 6 heteroatoms. The van der Waals surface area contributed by atoms with Crippen molar-refractivity contribution in [3.63, 3.8) is 0 Å². The number of nitrogens with zero attached hydrogens (tertiary/aromatic N) is 2. The van der Waals surface area contributed by atoms with Crippen LogP contribution in [-0.4, -0.2) is 25.7 Å². The summed E-state index contributed by atoms with van der Waals surface area (Å²) >= 11 is 0. The summed E-state index contributed by atoms with van der Waals surface area (Å²) < 4.78 is 4.59. The maximum Gasteiger partial charge on any atom is 0.297 e. The Morgan fingerprint density at radius 1 is 1.73 bits per heavy atom. The highest BCUT2D eigenvalue weighted by molar-refractivity contribution is 6.55. The van der Waals surface area contributed by atoms with Crippen LogP contribution in [0.2, 0.25) is 0 Å². The van der Waals surface area contributed by atoms with Gasteiger partial charge in [-0.15, -0.1) is 5.11 Å². The average Bonchev–Trinajstić information content (AvgIpc) is 2.36. The summed E-state index contributed by atoms with van der Waals surface area (Å²) in [6.07, 6.45) is 3.03. The van der Waals surface area contributed by atoms with Crippen molar-refractivity contribution in [1.82, 2.24) is 0 Å². The molecular formula is C5H5BN2O3. The zero-order valence-corrected chi connectivity index (χ0v) is 5.85. The highest BCUT2D eigenvalue weighted by atomic mass is 16.6. The number of azo groups is 1. The standard InChI is InChI=1S/C5H5BN2O3/c6-4(10)11-5(3-9)1-2-7-8-5/h1-3H,6H2. The van der Waals surface area contributed by atoms with E-state index in [1.54, 1.807) is 0 Å². The molecule has 56 valence electrons. The van der Waals surface area contributed by atoms with Gasteiger partial charge in [-0.25, -0.2) is 0 Å².